The van der Waals surface area contributed by atoms with E-state index in [0.717, 1.165) is 0 Å². The van der Waals surface area contributed by atoms with E-state index in [0.29, 0.717) is 22.1 Å². The summed E-state index contributed by atoms with van der Waals surface area (Å²) in [5.41, 5.74) is 0.659. The number of phenols is 1. The van der Waals surface area contributed by atoms with E-state index in [2.05, 4.69) is 0 Å². The average molecular weight is 282 g/mol. The fraction of sp³-hybridized carbons (Fsp3) is 0.154. The van der Waals surface area contributed by atoms with Gasteiger partial charge in [0.05, 0.1) is 5.02 Å². The second-order valence-corrected chi connectivity index (χ2v) is 4.99. The first-order chi connectivity index (χ1) is 8.63. The number of rotatable bonds is 3. The summed E-state index contributed by atoms with van der Waals surface area (Å²) in [4.78, 5) is 14.4. The van der Waals surface area contributed by atoms with Crippen LogP contribution in [0.3, 0.4) is 0 Å². The lowest BCUT2D eigenvalue weighted by Gasteiger charge is -2.20. The quantitative estimate of drug-likeness (QED) is 0.930. The maximum Gasteiger partial charge on any atom is 0.269 e. The number of halogens is 1. The third-order valence-corrected chi connectivity index (χ3v) is 3.84. The van der Waals surface area contributed by atoms with Gasteiger partial charge >= 0.3 is 0 Å². The predicted octanol–water partition coefficient (Wildman–Crippen LogP) is 3.77. The van der Waals surface area contributed by atoms with Crippen molar-refractivity contribution >= 4 is 34.5 Å². The molecule has 94 valence electrons. The average Bonchev–Trinajstić information content (AvgIpc) is 2.76. The van der Waals surface area contributed by atoms with Gasteiger partial charge in [-0.2, -0.15) is 0 Å². The molecule has 2 rings (SSSR count). The lowest BCUT2D eigenvalue weighted by atomic mass is 10.2. The molecular weight excluding hydrogens is 270 g/mol. The standard InChI is InChI=1S/C13H12ClNO2S/c1-2-15(9-4-3-5-10(16)8-9)13(17)12-11(14)6-7-18-12/h3-8,16H,2H2,1H3. The van der Waals surface area contributed by atoms with Crippen LogP contribution in [0.15, 0.2) is 35.7 Å². The molecule has 0 aliphatic heterocycles. The Morgan fingerprint density at radius 1 is 1.44 bits per heavy atom. The molecule has 18 heavy (non-hydrogen) atoms. The zero-order valence-corrected chi connectivity index (χ0v) is 11.3. The van der Waals surface area contributed by atoms with E-state index in [4.69, 9.17) is 11.6 Å². The second-order valence-electron chi connectivity index (χ2n) is 3.67. The number of thiophene rings is 1. The van der Waals surface area contributed by atoms with Gasteiger partial charge < -0.3 is 10.0 Å². The third kappa shape index (κ3) is 2.49. The van der Waals surface area contributed by atoms with Crippen molar-refractivity contribution in [2.24, 2.45) is 0 Å². The maximum atomic E-state index is 12.3. The molecule has 0 aliphatic rings. The molecule has 1 amide bonds. The molecule has 0 aliphatic carbocycles. The van der Waals surface area contributed by atoms with Crippen LogP contribution in [0.2, 0.25) is 5.02 Å². The zero-order valence-electron chi connectivity index (χ0n) is 9.76. The first kappa shape index (κ1) is 12.9. The Morgan fingerprint density at radius 3 is 2.78 bits per heavy atom. The van der Waals surface area contributed by atoms with Gasteiger partial charge in [0, 0.05) is 18.3 Å². The molecule has 1 aromatic carbocycles. The van der Waals surface area contributed by atoms with Crippen molar-refractivity contribution < 1.29 is 9.90 Å². The molecule has 0 fully saturated rings. The molecule has 0 saturated heterocycles. The van der Waals surface area contributed by atoms with Crippen molar-refractivity contribution in [3.63, 3.8) is 0 Å². The van der Waals surface area contributed by atoms with E-state index in [-0.39, 0.29) is 11.7 Å². The Hall–Kier alpha value is -1.52. The molecule has 0 bridgehead atoms. The largest absolute Gasteiger partial charge is 0.508 e. The van der Waals surface area contributed by atoms with Crippen LogP contribution in [-0.4, -0.2) is 17.6 Å². The van der Waals surface area contributed by atoms with Crippen LogP contribution in [0.5, 0.6) is 5.75 Å². The van der Waals surface area contributed by atoms with Gasteiger partial charge in [0.15, 0.2) is 0 Å². The smallest absolute Gasteiger partial charge is 0.269 e. The minimum absolute atomic E-state index is 0.135. The summed E-state index contributed by atoms with van der Waals surface area (Å²) in [5, 5.41) is 11.7. The number of carbonyl (C=O) groups excluding carboxylic acids is 1. The number of hydrogen-bond donors (Lipinski definition) is 1. The van der Waals surface area contributed by atoms with E-state index >= 15 is 0 Å². The van der Waals surface area contributed by atoms with Crippen LogP contribution in [-0.2, 0) is 0 Å². The van der Waals surface area contributed by atoms with Crippen molar-refractivity contribution in [2.45, 2.75) is 6.92 Å². The highest BCUT2D eigenvalue weighted by atomic mass is 35.5. The lowest BCUT2D eigenvalue weighted by Crippen LogP contribution is -2.30. The van der Waals surface area contributed by atoms with Crippen LogP contribution < -0.4 is 4.90 Å². The SMILES string of the molecule is CCN(C(=O)c1sccc1Cl)c1cccc(O)c1. The molecule has 1 N–H and O–H groups in total. The molecule has 2 aromatic rings. The van der Waals surface area contributed by atoms with Crippen LogP contribution >= 0.6 is 22.9 Å². The first-order valence-corrected chi connectivity index (χ1v) is 6.73. The molecule has 0 unspecified atom stereocenters. The monoisotopic (exact) mass is 281 g/mol. The Labute approximate surface area is 114 Å². The fourth-order valence-corrected chi connectivity index (χ4v) is 2.76. The zero-order chi connectivity index (χ0) is 13.1. The lowest BCUT2D eigenvalue weighted by molar-refractivity contribution is 0.0992. The van der Waals surface area contributed by atoms with Crippen molar-refractivity contribution in [1.29, 1.82) is 0 Å². The highest BCUT2D eigenvalue weighted by molar-refractivity contribution is 7.12. The van der Waals surface area contributed by atoms with Gasteiger partial charge in [0.25, 0.3) is 5.91 Å². The Kier molecular flexibility index (Phi) is 3.89. The first-order valence-electron chi connectivity index (χ1n) is 5.47. The summed E-state index contributed by atoms with van der Waals surface area (Å²) < 4.78 is 0. The highest BCUT2D eigenvalue weighted by Gasteiger charge is 2.20. The summed E-state index contributed by atoms with van der Waals surface area (Å²) in [7, 11) is 0. The van der Waals surface area contributed by atoms with Gasteiger partial charge in [0.2, 0.25) is 0 Å². The molecule has 1 aromatic heterocycles. The topological polar surface area (TPSA) is 40.5 Å². The maximum absolute atomic E-state index is 12.3. The van der Waals surface area contributed by atoms with E-state index in [1.807, 2.05) is 6.92 Å². The third-order valence-electron chi connectivity index (χ3n) is 2.51. The van der Waals surface area contributed by atoms with Crippen LogP contribution in [0.25, 0.3) is 0 Å². The van der Waals surface area contributed by atoms with E-state index in [1.165, 1.54) is 11.3 Å². The molecule has 0 radical (unpaired) electrons. The summed E-state index contributed by atoms with van der Waals surface area (Å²) in [6.45, 7) is 2.39. The molecule has 5 heteroatoms. The van der Waals surface area contributed by atoms with Crippen molar-refractivity contribution in [1.82, 2.24) is 0 Å². The minimum atomic E-state index is -0.150. The number of hydrogen-bond acceptors (Lipinski definition) is 3. The molecular formula is C13H12ClNO2S. The van der Waals surface area contributed by atoms with Gasteiger partial charge in [-0.05, 0) is 30.5 Å². The van der Waals surface area contributed by atoms with Crippen LogP contribution in [0.1, 0.15) is 16.6 Å². The number of phenolic OH excluding ortho intramolecular Hbond substituents is 1. The Morgan fingerprint density at radius 2 is 2.22 bits per heavy atom. The Bertz CT molecular complexity index is 568. The van der Waals surface area contributed by atoms with E-state index in [1.54, 1.807) is 40.6 Å². The minimum Gasteiger partial charge on any atom is -0.508 e. The molecule has 1 heterocycles. The molecule has 0 spiro atoms. The highest BCUT2D eigenvalue weighted by Crippen LogP contribution is 2.27. The summed E-state index contributed by atoms with van der Waals surface area (Å²) in [6.07, 6.45) is 0. The van der Waals surface area contributed by atoms with Gasteiger partial charge in [-0.15, -0.1) is 11.3 Å². The Balaban J connectivity index is 2.35. The number of nitrogens with zero attached hydrogens (tertiary/aromatic N) is 1. The number of benzene rings is 1. The normalized spacial score (nSPS) is 10.3. The number of amides is 1. The van der Waals surface area contributed by atoms with Gasteiger partial charge in [0.1, 0.15) is 10.6 Å². The van der Waals surface area contributed by atoms with Crippen molar-refractivity contribution in [2.75, 3.05) is 11.4 Å². The van der Waals surface area contributed by atoms with Crippen LogP contribution in [0, 0.1) is 0 Å². The molecule has 3 nitrogen and oxygen atoms in total. The number of aromatic hydroxyl groups is 1. The van der Waals surface area contributed by atoms with Gasteiger partial charge in [-0.25, -0.2) is 0 Å². The summed E-state index contributed by atoms with van der Waals surface area (Å²) in [5.74, 6) is -0.0147. The van der Waals surface area contributed by atoms with E-state index in [9.17, 15) is 9.90 Å². The second kappa shape index (κ2) is 5.42. The van der Waals surface area contributed by atoms with Crippen LogP contribution in [0.4, 0.5) is 5.69 Å². The summed E-state index contributed by atoms with van der Waals surface area (Å²) in [6, 6.07) is 8.32. The number of anilines is 1. The van der Waals surface area contributed by atoms with Gasteiger partial charge in [-0.1, -0.05) is 17.7 Å². The molecule has 0 saturated carbocycles. The molecule has 0 atom stereocenters. The van der Waals surface area contributed by atoms with Crippen molar-refractivity contribution in [3.05, 3.63) is 45.6 Å². The predicted molar refractivity (Wildman–Crippen MR) is 74.8 cm³/mol. The number of carbonyl (C=O) groups is 1. The van der Waals surface area contributed by atoms with Gasteiger partial charge in [-0.3, -0.25) is 4.79 Å². The van der Waals surface area contributed by atoms with E-state index < -0.39 is 0 Å². The van der Waals surface area contributed by atoms with Crippen molar-refractivity contribution in [3.8, 4) is 5.75 Å². The fourth-order valence-electron chi connectivity index (χ4n) is 1.67. The summed E-state index contributed by atoms with van der Waals surface area (Å²) >= 11 is 7.28.